The molecule has 0 fully saturated rings. The molecule has 0 aliphatic heterocycles. The number of hydrogen-bond acceptors (Lipinski definition) is 3. The van der Waals surface area contributed by atoms with Gasteiger partial charge in [-0.1, -0.05) is 19.9 Å². The van der Waals surface area contributed by atoms with Gasteiger partial charge in [-0.05, 0) is 6.16 Å². The van der Waals surface area contributed by atoms with Crippen LogP contribution in [0.1, 0.15) is 13.8 Å². The van der Waals surface area contributed by atoms with Crippen LogP contribution in [-0.2, 0) is 0 Å². The molecule has 3 nitrogen and oxygen atoms in total. The summed E-state index contributed by atoms with van der Waals surface area (Å²) in [5, 5.41) is 16.7. The monoisotopic (exact) mass is 212 g/mol. The molecule has 6 heteroatoms. The molecule has 0 saturated heterocycles. The van der Waals surface area contributed by atoms with E-state index in [0.717, 1.165) is 0 Å². The Morgan fingerprint density at radius 3 is 1.50 bits per heavy atom. The minimum atomic E-state index is -2.33. The maximum Gasteiger partial charge on any atom is 1.00 e. The molecule has 0 rings (SSSR count). The first-order valence-electron chi connectivity index (χ1n) is 2.70. The maximum absolute atomic E-state index is 8.33. The summed E-state index contributed by atoms with van der Waals surface area (Å²) in [5.41, 5.74) is 0. The van der Waals surface area contributed by atoms with Crippen molar-refractivity contribution in [3.63, 3.8) is 0 Å². The summed E-state index contributed by atoms with van der Waals surface area (Å²) in [5.74, 6) is 0.556. The van der Waals surface area contributed by atoms with Gasteiger partial charge < -0.3 is 15.0 Å². The van der Waals surface area contributed by atoms with E-state index in [1.165, 1.54) is 0 Å². The van der Waals surface area contributed by atoms with Crippen LogP contribution in [0.25, 0.3) is 0 Å². The molecule has 0 aromatic carbocycles. The molecule has 0 saturated carbocycles. The van der Waals surface area contributed by atoms with E-state index in [1.807, 2.05) is 13.8 Å². The first-order valence-corrected chi connectivity index (χ1v) is 3.23. The van der Waals surface area contributed by atoms with Gasteiger partial charge in [0.15, 0.2) is 0 Å². The first kappa shape index (κ1) is 29.2. The molecule has 0 aliphatic rings. The number of halogens is 1. The Balaban J connectivity index is -0.0000000198. The molecule has 12 heavy (non-hydrogen) atoms. The van der Waals surface area contributed by atoms with Crippen LogP contribution in [0.15, 0.2) is 12.7 Å². The molecule has 0 spiro atoms. The van der Waals surface area contributed by atoms with Crippen molar-refractivity contribution in [2.75, 3.05) is 5.88 Å². The van der Waals surface area contributed by atoms with Crippen molar-refractivity contribution in [1.82, 2.24) is 0 Å². The second-order valence-corrected chi connectivity index (χ2v) is 1.00. The summed E-state index contributed by atoms with van der Waals surface area (Å²) in [6.45, 7) is 7.35. The number of carbonyl (C=O) groups is 1. The van der Waals surface area contributed by atoms with Gasteiger partial charge >= 0.3 is 59.1 Å². The molecule has 0 atom stereocenters. The van der Waals surface area contributed by atoms with Crippen molar-refractivity contribution in [2.45, 2.75) is 13.8 Å². The van der Waals surface area contributed by atoms with Crippen LogP contribution >= 0.6 is 11.6 Å². The van der Waals surface area contributed by atoms with Gasteiger partial charge in [-0.15, -0.1) is 18.2 Å². The molecule has 62 valence electrons. The van der Waals surface area contributed by atoms with Gasteiger partial charge in [0.25, 0.3) is 0 Å². The largest absolute Gasteiger partial charge is 1.00 e. The summed E-state index contributed by atoms with van der Waals surface area (Å²) in [6.07, 6.45) is -0.693. The third-order valence-corrected chi connectivity index (χ3v) is 0.327. The van der Waals surface area contributed by atoms with Crippen molar-refractivity contribution in [2.24, 2.45) is 0 Å². The van der Waals surface area contributed by atoms with Crippen molar-refractivity contribution >= 4 is 17.8 Å². The third-order valence-electron chi connectivity index (χ3n) is 0.109. The number of alkyl halides is 1. The van der Waals surface area contributed by atoms with E-state index >= 15 is 0 Å². The molecule has 0 radical (unpaired) electrons. The van der Waals surface area contributed by atoms with Crippen molar-refractivity contribution in [3.05, 3.63) is 12.7 Å². The molecule has 0 heterocycles. The summed E-state index contributed by atoms with van der Waals surface area (Å²) >= 11 is 5.07. The first-order chi connectivity index (χ1) is 4.65. The van der Waals surface area contributed by atoms with E-state index in [9.17, 15) is 0 Å². The van der Waals surface area contributed by atoms with Crippen LogP contribution in [0, 0.1) is 0 Å². The SMILES string of the molecule is C=CCCl.CC.O=C([O-])[O-].[Na+].[Na+]. The number of allylic oxidation sites excluding steroid dienone is 1. The summed E-state index contributed by atoms with van der Waals surface area (Å²) in [4.78, 5) is 8.33. The molecule has 0 aromatic heterocycles. The summed E-state index contributed by atoms with van der Waals surface area (Å²) in [7, 11) is 0. The fraction of sp³-hybridized carbons (Fsp3) is 0.500. The fourth-order valence-corrected chi connectivity index (χ4v) is 0. The van der Waals surface area contributed by atoms with Gasteiger partial charge in [0.05, 0.1) is 0 Å². The fourth-order valence-electron chi connectivity index (χ4n) is 0. The molecular weight excluding hydrogens is 201 g/mol. The van der Waals surface area contributed by atoms with Crippen molar-refractivity contribution in [3.8, 4) is 0 Å². The predicted octanol–water partition coefficient (Wildman–Crippen LogP) is -6.00. The Morgan fingerprint density at radius 2 is 1.50 bits per heavy atom. The molecule has 0 N–H and O–H groups in total. The molecular formula is C6H11ClNa2O3. The zero-order valence-corrected chi connectivity index (χ0v) is 12.9. The quantitative estimate of drug-likeness (QED) is 0.247. The number of carbonyl (C=O) groups excluding carboxylic acids is 1. The van der Waals surface area contributed by atoms with E-state index in [4.69, 9.17) is 26.6 Å². The van der Waals surface area contributed by atoms with Crippen LogP contribution in [-0.4, -0.2) is 12.0 Å². The number of rotatable bonds is 1. The van der Waals surface area contributed by atoms with Crippen LogP contribution in [0.2, 0.25) is 0 Å². The number of carboxylic acid groups (broad SMARTS) is 2. The van der Waals surface area contributed by atoms with Crippen LogP contribution in [0.4, 0.5) is 4.79 Å². The van der Waals surface area contributed by atoms with Gasteiger partial charge in [0.2, 0.25) is 0 Å². The second kappa shape index (κ2) is 39.6. The minimum absolute atomic E-state index is 0. The minimum Gasteiger partial charge on any atom is -0.652 e. The van der Waals surface area contributed by atoms with Gasteiger partial charge in [-0.2, -0.15) is 0 Å². The molecule has 0 aliphatic carbocycles. The molecule has 0 aromatic rings. The molecule has 0 bridgehead atoms. The Labute approximate surface area is 123 Å². The Kier molecular flexibility index (Phi) is 96.3. The Hall–Kier alpha value is 1.30. The van der Waals surface area contributed by atoms with Gasteiger partial charge in [-0.3, -0.25) is 0 Å². The van der Waals surface area contributed by atoms with Gasteiger partial charge in [0, 0.05) is 5.88 Å². The van der Waals surface area contributed by atoms with E-state index < -0.39 is 6.16 Å². The smallest absolute Gasteiger partial charge is 0.652 e. The van der Waals surface area contributed by atoms with Crippen molar-refractivity contribution in [1.29, 1.82) is 0 Å². The normalized spacial score (nSPS) is 4.58. The van der Waals surface area contributed by atoms with E-state index in [1.54, 1.807) is 6.08 Å². The van der Waals surface area contributed by atoms with Crippen LogP contribution < -0.4 is 69.3 Å². The average Bonchev–Trinajstić information content (AvgIpc) is 1.91. The summed E-state index contributed by atoms with van der Waals surface area (Å²) in [6, 6.07) is 0. The van der Waals surface area contributed by atoms with E-state index in [2.05, 4.69) is 6.58 Å². The number of hydrogen-bond donors (Lipinski definition) is 0. The topological polar surface area (TPSA) is 63.2 Å². The Morgan fingerprint density at radius 1 is 1.42 bits per heavy atom. The zero-order valence-electron chi connectivity index (χ0n) is 8.09. The molecule has 0 amide bonds. The van der Waals surface area contributed by atoms with Gasteiger partial charge in [0.1, 0.15) is 0 Å². The van der Waals surface area contributed by atoms with E-state index in [0.29, 0.717) is 5.88 Å². The summed E-state index contributed by atoms with van der Waals surface area (Å²) < 4.78 is 0. The zero-order chi connectivity index (χ0) is 8.99. The van der Waals surface area contributed by atoms with Crippen molar-refractivity contribution < 1.29 is 74.1 Å². The van der Waals surface area contributed by atoms with Crippen LogP contribution in [0.3, 0.4) is 0 Å². The van der Waals surface area contributed by atoms with Crippen LogP contribution in [0.5, 0.6) is 0 Å². The molecule has 0 unspecified atom stereocenters. The van der Waals surface area contributed by atoms with Gasteiger partial charge in [-0.25, -0.2) is 0 Å². The maximum atomic E-state index is 8.33. The van der Waals surface area contributed by atoms with E-state index in [-0.39, 0.29) is 59.1 Å². The average molecular weight is 213 g/mol. The standard InChI is InChI=1S/C3H5Cl.C2H6.CH2O3.2Na/c1-2-3-4;1-2;2-1(3)4;;/h2H,1,3H2;1-2H3;(H2,2,3,4);;/q;;;2*+1/p-2. The second-order valence-electron chi connectivity index (χ2n) is 0.693. The predicted molar refractivity (Wildman–Crippen MR) is 37.7 cm³/mol. The third kappa shape index (κ3) is 227. The Bertz CT molecular complexity index is 77.2.